The highest BCUT2D eigenvalue weighted by Crippen LogP contribution is 2.11. The van der Waals surface area contributed by atoms with E-state index >= 15 is 0 Å². The van der Waals surface area contributed by atoms with E-state index in [-0.39, 0.29) is 35.8 Å². The Balaban J connectivity index is 0.00000512. The number of methoxy groups -OCH3 is 1. The van der Waals surface area contributed by atoms with E-state index in [4.69, 9.17) is 4.74 Å². The smallest absolute Gasteiger partial charge is 0.253 e. The number of carbonyl (C=O) groups is 2. The van der Waals surface area contributed by atoms with Gasteiger partial charge in [-0.1, -0.05) is 12.1 Å². The van der Waals surface area contributed by atoms with Crippen LogP contribution in [0.2, 0.25) is 0 Å². The molecule has 0 fully saturated rings. The zero-order chi connectivity index (χ0) is 22.6. The molecule has 0 bridgehead atoms. The SMILES string of the molecule is CCNC(=NCc1ccc(C(=O)N(C)C)cc1)NCCNC(=O)c1ccc(OC)cc1.I. The van der Waals surface area contributed by atoms with Gasteiger partial charge in [0.2, 0.25) is 0 Å². The van der Waals surface area contributed by atoms with E-state index in [1.54, 1.807) is 50.4 Å². The number of rotatable bonds is 9. The fraction of sp³-hybridized carbons (Fsp3) is 0.348. The van der Waals surface area contributed by atoms with E-state index in [0.29, 0.717) is 42.5 Å². The number of guanidine groups is 1. The van der Waals surface area contributed by atoms with Crippen molar-refractivity contribution in [1.29, 1.82) is 0 Å². The molecule has 0 saturated carbocycles. The monoisotopic (exact) mass is 553 g/mol. The Morgan fingerprint density at radius 2 is 1.50 bits per heavy atom. The average Bonchev–Trinajstić information content (AvgIpc) is 2.79. The molecule has 0 aliphatic carbocycles. The van der Waals surface area contributed by atoms with Gasteiger partial charge in [0, 0.05) is 44.9 Å². The van der Waals surface area contributed by atoms with Crippen LogP contribution in [0.15, 0.2) is 53.5 Å². The Morgan fingerprint density at radius 1 is 0.906 bits per heavy atom. The van der Waals surface area contributed by atoms with E-state index in [1.165, 1.54) is 0 Å². The van der Waals surface area contributed by atoms with Crippen LogP contribution in [0.5, 0.6) is 5.75 Å². The number of hydrogen-bond donors (Lipinski definition) is 3. The second kappa shape index (κ2) is 14.3. The minimum Gasteiger partial charge on any atom is -0.497 e. The Labute approximate surface area is 206 Å². The van der Waals surface area contributed by atoms with E-state index in [0.717, 1.165) is 12.1 Å². The second-order valence-corrected chi connectivity index (χ2v) is 7.00. The van der Waals surface area contributed by atoms with Crippen LogP contribution in [-0.4, -0.2) is 63.5 Å². The van der Waals surface area contributed by atoms with Crippen molar-refractivity contribution in [1.82, 2.24) is 20.9 Å². The maximum atomic E-state index is 12.2. The van der Waals surface area contributed by atoms with Crippen LogP contribution in [0.25, 0.3) is 0 Å². The summed E-state index contributed by atoms with van der Waals surface area (Å²) in [6.45, 7) is 4.18. The van der Waals surface area contributed by atoms with Crippen molar-refractivity contribution < 1.29 is 14.3 Å². The van der Waals surface area contributed by atoms with Gasteiger partial charge in [-0.2, -0.15) is 0 Å². The maximum absolute atomic E-state index is 12.2. The Bertz CT molecular complexity index is 884. The summed E-state index contributed by atoms with van der Waals surface area (Å²) in [4.78, 5) is 30.3. The lowest BCUT2D eigenvalue weighted by atomic mass is 10.1. The van der Waals surface area contributed by atoms with Gasteiger partial charge >= 0.3 is 0 Å². The molecule has 0 aliphatic rings. The number of carbonyl (C=O) groups excluding carboxylic acids is 2. The highest BCUT2D eigenvalue weighted by Gasteiger charge is 2.07. The van der Waals surface area contributed by atoms with Crippen LogP contribution >= 0.6 is 24.0 Å². The maximum Gasteiger partial charge on any atom is 0.253 e. The molecule has 0 atom stereocenters. The molecule has 0 heterocycles. The standard InChI is InChI=1S/C23H31N5O3.HI/c1-5-24-23(27-16-17-6-8-19(9-7-17)22(30)28(2)3)26-15-14-25-21(29)18-10-12-20(31-4)13-11-18;/h6-13H,5,14-16H2,1-4H3,(H,25,29)(H2,24,26,27);1H. The van der Waals surface area contributed by atoms with Crippen molar-refractivity contribution in [3.8, 4) is 5.75 Å². The molecule has 0 spiro atoms. The minimum atomic E-state index is -0.140. The number of halogens is 1. The quantitative estimate of drug-likeness (QED) is 0.192. The average molecular weight is 553 g/mol. The Kier molecular flexibility index (Phi) is 12.1. The number of benzene rings is 2. The molecule has 0 aliphatic heterocycles. The largest absolute Gasteiger partial charge is 0.497 e. The van der Waals surface area contributed by atoms with Gasteiger partial charge in [0.1, 0.15) is 5.75 Å². The van der Waals surface area contributed by atoms with Crippen molar-refractivity contribution in [2.24, 2.45) is 4.99 Å². The summed E-state index contributed by atoms with van der Waals surface area (Å²) in [5.74, 6) is 1.21. The minimum absolute atomic E-state index is 0. The lowest BCUT2D eigenvalue weighted by Crippen LogP contribution is -2.41. The van der Waals surface area contributed by atoms with Gasteiger partial charge < -0.3 is 25.6 Å². The van der Waals surface area contributed by atoms with Crippen LogP contribution in [0.1, 0.15) is 33.2 Å². The van der Waals surface area contributed by atoms with Crippen molar-refractivity contribution in [3.05, 3.63) is 65.2 Å². The molecule has 0 unspecified atom stereocenters. The molecule has 2 aromatic rings. The van der Waals surface area contributed by atoms with Crippen LogP contribution in [0.4, 0.5) is 0 Å². The molecule has 8 nitrogen and oxygen atoms in total. The number of ether oxygens (including phenoxy) is 1. The zero-order valence-corrected chi connectivity index (χ0v) is 21.3. The molecule has 0 radical (unpaired) electrons. The third-order valence-electron chi connectivity index (χ3n) is 4.43. The van der Waals surface area contributed by atoms with Crippen molar-refractivity contribution >= 4 is 41.8 Å². The molecule has 2 aromatic carbocycles. The first-order chi connectivity index (χ1) is 14.9. The van der Waals surface area contributed by atoms with Gasteiger partial charge in [-0.25, -0.2) is 4.99 Å². The first-order valence-corrected chi connectivity index (χ1v) is 10.2. The number of amides is 2. The predicted molar refractivity (Wildman–Crippen MR) is 138 cm³/mol. The molecule has 0 aromatic heterocycles. The molecule has 9 heteroatoms. The number of hydrogen-bond acceptors (Lipinski definition) is 4. The molecular weight excluding hydrogens is 521 g/mol. The predicted octanol–water partition coefficient (Wildman–Crippen LogP) is 2.50. The summed E-state index contributed by atoms with van der Waals surface area (Å²) < 4.78 is 5.10. The summed E-state index contributed by atoms with van der Waals surface area (Å²) in [7, 11) is 5.05. The first kappa shape index (κ1) is 27.2. The topological polar surface area (TPSA) is 95.1 Å². The zero-order valence-electron chi connectivity index (χ0n) is 19.0. The van der Waals surface area contributed by atoms with Crippen LogP contribution < -0.4 is 20.7 Å². The molecule has 32 heavy (non-hydrogen) atoms. The van der Waals surface area contributed by atoms with Gasteiger partial charge in [0.15, 0.2) is 5.96 Å². The third-order valence-corrected chi connectivity index (χ3v) is 4.43. The van der Waals surface area contributed by atoms with E-state index in [1.807, 2.05) is 31.2 Å². The number of aliphatic imine (C=N–C) groups is 1. The highest BCUT2D eigenvalue weighted by molar-refractivity contribution is 14.0. The lowest BCUT2D eigenvalue weighted by Gasteiger charge is -2.12. The van der Waals surface area contributed by atoms with Gasteiger partial charge in [0.05, 0.1) is 13.7 Å². The van der Waals surface area contributed by atoms with E-state index in [2.05, 4.69) is 20.9 Å². The lowest BCUT2D eigenvalue weighted by molar-refractivity contribution is 0.0827. The third kappa shape index (κ3) is 8.74. The Morgan fingerprint density at radius 3 is 2.06 bits per heavy atom. The summed E-state index contributed by atoms with van der Waals surface area (Å²) in [6, 6.07) is 14.4. The normalized spacial score (nSPS) is 10.6. The molecule has 174 valence electrons. The molecule has 0 saturated heterocycles. The first-order valence-electron chi connectivity index (χ1n) is 10.2. The van der Waals surface area contributed by atoms with Crippen molar-refractivity contribution in [3.63, 3.8) is 0 Å². The Hall–Kier alpha value is -2.82. The summed E-state index contributed by atoms with van der Waals surface area (Å²) in [6.07, 6.45) is 0. The van der Waals surface area contributed by atoms with Crippen LogP contribution in [0, 0.1) is 0 Å². The highest BCUT2D eigenvalue weighted by atomic mass is 127. The summed E-state index contributed by atoms with van der Waals surface area (Å²) in [5.41, 5.74) is 2.23. The van der Waals surface area contributed by atoms with E-state index in [9.17, 15) is 9.59 Å². The van der Waals surface area contributed by atoms with Crippen LogP contribution in [0.3, 0.4) is 0 Å². The van der Waals surface area contributed by atoms with Crippen molar-refractivity contribution in [2.75, 3.05) is 40.8 Å². The second-order valence-electron chi connectivity index (χ2n) is 7.00. The van der Waals surface area contributed by atoms with Gasteiger partial charge in [0.25, 0.3) is 11.8 Å². The van der Waals surface area contributed by atoms with Crippen molar-refractivity contribution in [2.45, 2.75) is 13.5 Å². The fourth-order valence-electron chi connectivity index (χ4n) is 2.72. The summed E-state index contributed by atoms with van der Waals surface area (Å²) in [5, 5.41) is 9.26. The van der Waals surface area contributed by atoms with Gasteiger partial charge in [-0.3, -0.25) is 9.59 Å². The summed E-state index contributed by atoms with van der Waals surface area (Å²) >= 11 is 0. The number of nitrogens with zero attached hydrogens (tertiary/aromatic N) is 2. The van der Waals surface area contributed by atoms with Crippen LogP contribution in [-0.2, 0) is 6.54 Å². The van der Waals surface area contributed by atoms with Gasteiger partial charge in [-0.05, 0) is 48.9 Å². The van der Waals surface area contributed by atoms with E-state index < -0.39 is 0 Å². The number of nitrogens with one attached hydrogen (secondary N) is 3. The molecule has 2 rings (SSSR count). The molecular formula is C23H32IN5O3. The van der Waals surface area contributed by atoms with Gasteiger partial charge in [-0.15, -0.1) is 24.0 Å². The molecule has 3 N–H and O–H groups in total. The molecule has 2 amide bonds. The fourth-order valence-corrected chi connectivity index (χ4v) is 2.72.